The zero-order chi connectivity index (χ0) is 45.6. The van der Waals surface area contributed by atoms with Gasteiger partial charge in [0.15, 0.2) is 0 Å². The van der Waals surface area contributed by atoms with Crippen LogP contribution in [0.5, 0.6) is 0 Å². The fourth-order valence-corrected chi connectivity index (χ4v) is 11.0. The molecule has 10 nitrogen and oxygen atoms in total. The highest BCUT2D eigenvalue weighted by Crippen LogP contribution is 2.43. The number of rotatable bonds is 17. The molecule has 63 heavy (non-hydrogen) atoms. The van der Waals surface area contributed by atoms with Crippen LogP contribution < -0.4 is 14.9 Å². The first-order valence-electron chi connectivity index (χ1n) is 20.9. The van der Waals surface area contributed by atoms with Crippen LogP contribution in [0, 0.1) is 5.41 Å². The van der Waals surface area contributed by atoms with Gasteiger partial charge < -0.3 is 15.1 Å². The molecule has 0 radical (unpaired) electrons. The lowest BCUT2D eigenvalue weighted by Crippen LogP contribution is -2.47. The average Bonchev–Trinajstić information content (AvgIpc) is 3.25. The number of carbonyl (C=O) groups is 1. The van der Waals surface area contributed by atoms with E-state index in [0.717, 1.165) is 81.2 Å². The lowest BCUT2D eigenvalue weighted by atomic mass is 9.73. The van der Waals surface area contributed by atoms with Crippen molar-refractivity contribution in [1.82, 2.24) is 14.5 Å². The van der Waals surface area contributed by atoms with Crippen LogP contribution in [0.3, 0.4) is 0 Å². The third kappa shape index (κ3) is 12.6. The molecule has 1 aliphatic heterocycles. The number of sulfonamides is 1. The van der Waals surface area contributed by atoms with Crippen LogP contribution in [-0.4, -0.2) is 103 Å². The van der Waals surface area contributed by atoms with Gasteiger partial charge in [0.2, 0.25) is 0 Å². The fourth-order valence-electron chi connectivity index (χ4n) is 7.86. The summed E-state index contributed by atoms with van der Waals surface area (Å²) in [6.45, 7) is 11.9. The van der Waals surface area contributed by atoms with Gasteiger partial charge in [-0.1, -0.05) is 68.3 Å². The molecule has 0 aromatic heterocycles. The Balaban J connectivity index is 1.13. The number of alkyl halides is 3. The highest BCUT2D eigenvalue weighted by molar-refractivity contribution is 7.99. The van der Waals surface area contributed by atoms with E-state index in [-0.39, 0.29) is 11.0 Å². The summed E-state index contributed by atoms with van der Waals surface area (Å²) in [5.74, 6) is -0.644. The van der Waals surface area contributed by atoms with Gasteiger partial charge in [0.25, 0.3) is 25.8 Å². The smallest absolute Gasteiger partial charge is 0.380 e. The number of anilines is 2. The van der Waals surface area contributed by atoms with Gasteiger partial charge in [0, 0.05) is 65.7 Å². The van der Waals surface area contributed by atoms with Crippen LogP contribution in [0.2, 0.25) is 5.02 Å². The number of nitrogens with one attached hydrogen (secondary N) is 2. The minimum Gasteiger partial charge on any atom is -0.380 e. The number of nitrogens with zero attached hydrogens (tertiary/aromatic N) is 3. The van der Waals surface area contributed by atoms with E-state index < -0.39 is 52.8 Å². The Morgan fingerprint density at radius 1 is 0.921 bits per heavy atom. The first-order chi connectivity index (χ1) is 29.7. The van der Waals surface area contributed by atoms with Gasteiger partial charge in [0.05, 0.1) is 10.6 Å². The highest BCUT2D eigenvalue weighted by Gasteiger charge is 2.48. The number of thioether (sulfide) groups is 1. The molecule has 4 aromatic rings. The normalized spacial score (nSPS) is 16.9. The molecule has 340 valence electrons. The van der Waals surface area contributed by atoms with Crippen molar-refractivity contribution >= 4 is 66.1 Å². The topological polar surface area (TPSA) is 119 Å². The minimum absolute atomic E-state index is 0.000214. The lowest BCUT2D eigenvalue weighted by Gasteiger charge is -2.39. The molecular weight excluding hydrogens is 891 g/mol. The number of halogens is 4. The minimum atomic E-state index is -6.04. The predicted molar refractivity (Wildman–Crippen MR) is 248 cm³/mol. The van der Waals surface area contributed by atoms with Crippen molar-refractivity contribution in [3.63, 3.8) is 0 Å². The van der Waals surface area contributed by atoms with Crippen LogP contribution in [0.15, 0.2) is 117 Å². The summed E-state index contributed by atoms with van der Waals surface area (Å²) in [5, 5.41) is 3.68. The molecule has 1 aliphatic carbocycles. The third-order valence-electron chi connectivity index (χ3n) is 11.7. The van der Waals surface area contributed by atoms with Crippen molar-refractivity contribution in [1.29, 1.82) is 0 Å². The molecule has 4 aromatic carbocycles. The number of carbonyl (C=O) groups excluding carboxylic acids is 1. The van der Waals surface area contributed by atoms with Crippen molar-refractivity contribution in [2.75, 3.05) is 68.8 Å². The quantitative estimate of drug-likeness (QED) is 0.0992. The molecule has 1 heterocycles. The van der Waals surface area contributed by atoms with E-state index in [4.69, 9.17) is 11.6 Å². The Kier molecular flexibility index (Phi) is 15.7. The Bertz CT molecular complexity index is 2460. The van der Waals surface area contributed by atoms with Gasteiger partial charge in [-0.05, 0) is 129 Å². The van der Waals surface area contributed by atoms with Gasteiger partial charge in [-0.25, -0.2) is 21.6 Å². The molecule has 2 N–H and O–H groups in total. The maximum atomic E-state index is 14.1. The molecule has 17 heteroatoms. The van der Waals surface area contributed by atoms with Crippen LogP contribution in [0.25, 0.3) is 5.57 Å². The van der Waals surface area contributed by atoms with Crippen LogP contribution >= 0.6 is 23.4 Å². The summed E-state index contributed by atoms with van der Waals surface area (Å²) in [5.41, 5.74) is -0.997. The summed E-state index contributed by atoms with van der Waals surface area (Å²) in [4.78, 5) is 18.8. The molecule has 0 saturated carbocycles. The van der Waals surface area contributed by atoms with Crippen LogP contribution in [0.4, 0.5) is 24.5 Å². The SMILES string of the molecule is CCN(C)CC[C@H](CSc1ccccc1)Nc1ccc(S(=O)(=O)NC(=O)c2ccc(N3CCN(CC4=C(c5ccc(Cl)cc5)CCC(C)(C)C4)CC3)cc2)cc1S(=O)(=O)C(F)(F)F. The lowest BCUT2D eigenvalue weighted by molar-refractivity contribution is -0.0435. The molecule has 0 bridgehead atoms. The van der Waals surface area contributed by atoms with Crippen LogP contribution in [0.1, 0.15) is 62.4 Å². The summed E-state index contributed by atoms with van der Waals surface area (Å²) in [6, 6.07) is 25.8. The highest BCUT2D eigenvalue weighted by atomic mass is 35.5. The molecule has 0 spiro atoms. The molecule has 1 atom stereocenters. The number of amides is 1. The van der Waals surface area contributed by atoms with Gasteiger partial charge >= 0.3 is 5.51 Å². The van der Waals surface area contributed by atoms with Crippen molar-refractivity contribution in [3.8, 4) is 0 Å². The Labute approximate surface area is 379 Å². The molecule has 1 amide bonds. The monoisotopic (exact) mass is 945 g/mol. The standard InChI is InChI=1S/C46H55ClF3N5O5S3/c1-5-53(4)24-22-37(32-61-39-9-7-6-8-10-39)51-42-20-19-40(29-43(42)62(57,58)46(48,49)50)63(59,60)52-44(56)34-13-17-38(18-14-34)55-27-25-54(26-28-55)31-35-30-45(2,3)23-21-41(35)33-11-15-36(47)16-12-33/h6-20,29,37,51H,5,21-28,30-32H2,1-4H3,(H,52,56)/t37-/m1/s1. The van der Waals surface area contributed by atoms with Crippen molar-refractivity contribution in [3.05, 3.63) is 119 Å². The molecular formula is C46H55ClF3N5O5S3. The van der Waals surface area contributed by atoms with Crippen molar-refractivity contribution in [2.45, 2.75) is 72.7 Å². The zero-order valence-electron chi connectivity index (χ0n) is 35.9. The van der Waals surface area contributed by atoms with Gasteiger partial charge in [0.1, 0.15) is 4.90 Å². The van der Waals surface area contributed by atoms with E-state index in [1.165, 1.54) is 40.6 Å². The molecule has 2 aliphatic rings. The number of sulfone groups is 1. The Morgan fingerprint density at radius 3 is 2.22 bits per heavy atom. The van der Waals surface area contributed by atoms with E-state index in [2.05, 4.69) is 41.1 Å². The molecule has 1 saturated heterocycles. The van der Waals surface area contributed by atoms with Gasteiger partial charge in [-0.2, -0.15) is 13.2 Å². The number of hydrogen-bond donors (Lipinski definition) is 2. The molecule has 0 unspecified atom stereocenters. The Morgan fingerprint density at radius 2 is 1.59 bits per heavy atom. The molecule has 1 fully saturated rings. The van der Waals surface area contributed by atoms with Gasteiger partial charge in [-0.15, -0.1) is 11.8 Å². The fraction of sp³-hybridized carbons (Fsp3) is 0.413. The second-order valence-electron chi connectivity index (χ2n) is 16.9. The maximum absolute atomic E-state index is 14.1. The summed E-state index contributed by atoms with van der Waals surface area (Å²) < 4.78 is 97.2. The second kappa shape index (κ2) is 20.4. The number of allylic oxidation sites excluding steroid dienone is 1. The zero-order valence-corrected chi connectivity index (χ0v) is 39.1. The van der Waals surface area contributed by atoms with E-state index in [9.17, 15) is 34.8 Å². The summed E-state index contributed by atoms with van der Waals surface area (Å²) >= 11 is 7.63. The van der Waals surface area contributed by atoms with Crippen molar-refractivity contribution < 1.29 is 34.8 Å². The predicted octanol–water partition coefficient (Wildman–Crippen LogP) is 9.45. The maximum Gasteiger partial charge on any atom is 0.501 e. The van der Waals surface area contributed by atoms with E-state index in [1.807, 2.05) is 66.1 Å². The van der Waals surface area contributed by atoms with Crippen LogP contribution in [-0.2, 0) is 19.9 Å². The van der Waals surface area contributed by atoms with E-state index in [1.54, 1.807) is 12.1 Å². The number of benzene rings is 4. The number of hydrogen-bond acceptors (Lipinski definition) is 10. The average molecular weight is 947 g/mol. The largest absolute Gasteiger partial charge is 0.501 e. The summed E-state index contributed by atoms with van der Waals surface area (Å²) in [7, 11) is -8.97. The summed E-state index contributed by atoms with van der Waals surface area (Å²) in [6.07, 6.45) is 3.61. The number of piperazine rings is 1. The van der Waals surface area contributed by atoms with Crippen molar-refractivity contribution in [2.24, 2.45) is 5.41 Å². The second-order valence-corrected chi connectivity index (χ2v) is 22.1. The Hall–Kier alpha value is -4.06. The van der Waals surface area contributed by atoms with E-state index >= 15 is 0 Å². The third-order valence-corrected chi connectivity index (χ3v) is 16.0. The first kappa shape index (κ1) is 48.4. The molecule has 6 rings (SSSR count). The first-order valence-corrected chi connectivity index (χ1v) is 25.3. The van der Waals surface area contributed by atoms with E-state index in [0.29, 0.717) is 29.8 Å². The van der Waals surface area contributed by atoms with Gasteiger partial charge in [-0.3, -0.25) is 9.69 Å².